The number of benzene rings is 1. The summed E-state index contributed by atoms with van der Waals surface area (Å²) in [6.45, 7) is 6.38. The fourth-order valence-corrected chi connectivity index (χ4v) is 2.18. The summed E-state index contributed by atoms with van der Waals surface area (Å²) in [5.41, 5.74) is 2.32. The molecule has 0 aliphatic rings. The van der Waals surface area contributed by atoms with Crippen molar-refractivity contribution in [1.29, 1.82) is 0 Å². The van der Waals surface area contributed by atoms with Crippen LogP contribution < -0.4 is 5.32 Å². The van der Waals surface area contributed by atoms with Crippen LogP contribution in [0.4, 0.5) is 0 Å². The standard InChI is InChI=1S/C15H20N2O2/c1-3-16-10-12-6-5-7-14-13(12)8-9-17(14)11-15(18)19-4-2/h5-9,16H,3-4,10-11H2,1-2H3. The number of nitrogens with zero attached hydrogens (tertiary/aromatic N) is 1. The van der Waals surface area contributed by atoms with Crippen LogP contribution in [0, 0.1) is 0 Å². The van der Waals surface area contributed by atoms with Gasteiger partial charge in [-0.1, -0.05) is 19.1 Å². The maximum absolute atomic E-state index is 11.6. The highest BCUT2D eigenvalue weighted by Crippen LogP contribution is 2.20. The highest BCUT2D eigenvalue weighted by atomic mass is 16.5. The van der Waals surface area contributed by atoms with Crippen molar-refractivity contribution < 1.29 is 9.53 Å². The summed E-state index contributed by atoms with van der Waals surface area (Å²) in [5.74, 6) is -0.197. The maximum Gasteiger partial charge on any atom is 0.325 e. The zero-order valence-corrected chi connectivity index (χ0v) is 11.5. The topological polar surface area (TPSA) is 43.3 Å². The lowest BCUT2D eigenvalue weighted by atomic mass is 10.1. The molecule has 1 aromatic carbocycles. The first-order chi connectivity index (χ1) is 9.26. The van der Waals surface area contributed by atoms with Gasteiger partial charge in [-0.15, -0.1) is 0 Å². The Balaban J connectivity index is 2.25. The third-order valence-corrected chi connectivity index (χ3v) is 3.07. The molecule has 2 rings (SSSR count). The SMILES string of the molecule is CCNCc1cccc2c1ccn2CC(=O)OCC. The van der Waals surface area contributed by atoms with Gasteiger partial charge in [0, 0.05) is 23.6 Å². The van der Waals surface area contributed by atoms with E-state index in [1.54, 1.807) is 0 Å². The van der Waals surface area contributed by atoms with E-state index in [-0.39, 0.29) is 12.5 Å². The van der Waals surface area contributed by atoms with Gasteiger partial charge in [0.1, 0.15) is 6.54 Å². The number of carbonyl (C=O) groups is 1. The highest BCUT2D eigenvalue weighted by molar-refractivity contribution is 5.85. The first-order valence-electron chi connectivity index (χ1n) is 6.69. The minimum Gasteiger partial charge on any atom is -0.465 e. The van der Waals surface area contributed by atoms with Gasteiger partial charge >= 0.3 is 5.97 Å². The summed E-state index contributed by atoms with van der Waals surface area (Å²) >= 11 is 0. The van der Waals surface area contributed by atoms with E-state index >= 15 is 0 Å². The fourth-order valence-electron chi connectivity index (χ4n) is 2.18. The Labute approximate surface area is 113 Å². The van der Waals surface area contributed by atoms with Crippen LogP contribution in [0.5, 0.6) is 0 Å². The third-order valence-electron chi connectivity index (χ3n) is 3.07. The lowest BCUT2D eigenvalue weighted by molar-refractivity contribution is -0.143. The molecule has 2 aromatic rings. The lowest BCUT2D eigenvalue weighted by Crippen LogP contribution is -2.13. The Hall–Kier alpha value is -1.81. The van der Waals surface area contributed by atoms with Crippen LogP contribution >= 0.6 is 0 Å². The average Bonchev–Trinajstić information content (AvgIpc) is 2.80. The van der Waals surface area contributed by atoms with Crippen molar-refractivity contribution in [2.24, 2.45) is 0 Å². The molecule has 0 amide bonds. The van der Waals surface area contributed by atoms with Crippen molar-refractivity contribution in [3.05, 3.63) is 36.0 Å². The zero-order valence-electron chi connectivity index (χ0n) is 11.5. The lowest BCUT2D eigenvalue weighted by Gasteiger charge is -2.07. The summed E-state index contributed by atoms with van der Waals surface area (Å²) in [4.78, 5) is 11.6. The molecule has 0 saturated heterocycles. The molecule has 0 radical (unpaired) electrons. The van der Waals surface area contributed by atoms with E-state index in [9.17, 15) is 4.79 Å². The molecule has 102 valence electrons. The summed E-state index contributed by atoms with van der Waals surface area (Å²) in [6.07, 6.45) is 1.94. The molecule has 0 bridgehead atoms. The first kappa shape index (κ1) is 13.6. The molecule has 0 saturated carbocycles. The van der Waals surface area contributed by atoms with Crippen molar-refractivity contribution in [2.45, 2.75) is 26.9 Å². The second kappa shape index (κ2) is 6.38. The smallest absolute Gasteiger partial charge is 0.325 e. The molecule has 4 heteroatoms. The van der Waals surface area contributed by atoms with Gasteiger partial charge in [-0.3, -0.25) is 4.79 Å². The first-order valence-corrected chi connectivity index (χ1v) is 6.69. The van der Waals surface area contributed by atoms with Gasteiger partial charge < -0.3 is 14.6 Å². The number of hydrogen-bond donors (Lipinski definition) is 1. The molecular weight excluding hydrogens is 240 g/mol. The number of hydrogen-bond acceptors (Lipinski definition) is 3. The number of rotatable bonds is 6. The maximum atomic E-state index is 11.6. The van der Waals surface area contributed by atoms with Crippen molar-refractivity contribution in [1.82, 2.24) is 9.88 Å². The van der Waals surface area contributed by atoms with Crippen LogP contribution in [-0.2, 0) is 22.6 Å². The molecule has 1 heterocycles. The van der Waals surface area contributed by atoms with E-state index in [0.29, 0.717) is 6.61 Å². The van der Waals surface area contributed by atoms with Gasteiger partial charge in [0.05, 0.1) is 6.61 Å². The fraction of sp³-hybridized carbons (Fsp3) is 0.400. The second-order valence-corrected chi connectivity index (χ2v) is 4.38. The molecule has 0 aliphatic carbocycles. The molecule has 0 atom stereocenters. The van der Waals surface area contributed by atoms with Crippen LogP contribution in [0.3, 0.4) is 0 Å². The van der Waals surface area contributed by atoms with Crippen molar-refractivity contribution >= 4 is 16.9 Å². The van der Waals surface area contributed by atoms with Crippen LogP contribution in [0.15, 0.2) is 30.5 Å². The van der Waals surface area contributed by atoms with E-state index in [1.807, 2.05) is 29.8 Å². The molecule has 19 heavy (non-hydrogen) atoms. The monoisotopic (exact) mass is 260 g/mol. The number of aromatic nitrogens is 1. The molecule has 0 fully saturated rings. The van der Waals surface area contributed by atoms with Crippen LogP contribution in [0.2, 0.25) is 0 Å². The molecule has 1 aromatic heterocycles. The third kappa shape index (κ3) is 3.15. The highest BCUT2D eigenvalue weighted by Gasteiger charge is 2.08. The van der Waals surface area contributed by atoms with E-state index < -0.39 is 0 Å². The summed E-state index contributed by atoms with van der Waals surface area (Å²) in [7, 11) is 0. The van der Waals surface area contributed by atoms with Gasteiger partial charge in [0.25, 0.3) is 0 Å². The summed E-state index contributed by atoms with van der Waals surface area (Å²) < 4.78 is 6.92. The Morgan fingerprint density at radius 1 is 1.32 bits per heavy atom. The van der Waals surface area contributed by atoms with Crippen LogP contribution in [-0.4, -0.2) is 23.7 Å². The van der Waals surface area contributed by atoms with Crippen LogP contribution in [0.1, 0.15) is 19.4 Å². The van der Waals surface area contributed by atoms with Gasteiger partial charge in [-0.25, -0.2) is 0 Å². The minimum absolute atomic E-state index is 0.197. The average molecular weight is 260 g/mol. The van der Waals surface area contributed by atoms with Crippen molar-refractivity contribution in [2.75, 3.05) is 13.2 Å². The molecule has 0 spiro atoms. The number of ether oxygens (including phenoxy) is 1. The molecule has 4 nitrogen and oxygen atoms in total. The molecule has 0 aliphatic heterocycles. The van der Waals surface area contributed by atoms with Gasteiger partial charge in [-0.2, -0.15) is 0 Å². The normalized spacial score (nSPS) is 10.8. The van der Waals surface area contributed by atoms with E-state index in [4.69, 9.17) is 4.74 Å². The van der Waals surface area contributed by atoms with Gasteiger partial charge in [-0.05, 0) is 31.2 Å². The Morgan fingerprint density at radius 2 is 2.16 bits per heavy atom. The summed E-state index contributed by atoms with van der Waals surface area (Å²) in [5, 5.41) is 4.51. The Kier molecular flexibility index (Phi) is 4.58. The van der Waals surface area contributed by atoms with E-state index in [0.717, 1.165) is 18.6 Å². The Morgan fingerprint density at radius 3 is 2.89 bits per heavy atom. The van der Waals surface area contributed by atoms with E-state index in [1.165, 1.54) is 10.9 Å². The van der Waals surface area contributed by atoms with Crippen LogP contribution in [0.25, 0.3) is 10.9 Å². The van der Waals surface area contributed by atoms with Crippen molar-refractivity contribution in [3.63, 3.8) is 0 Å². The van der Waals surface area contributed by atoms with E-state index in [2.05, 4.69) is 24.4 Å². The number of esters is 1. The molecule has 0 unspecified atom stereocenters. The predicted molar refractivity (Wildman–Crippen MR) is 76.0 cm³/mol. The van der Waals surface area contributed by atoms with Gasteiger partial charge in [0.15, 0.2) is 0 Å². The minimum atomic E-state index is -0.197. The number of nitrogens with one attached hydrogen (secondary N) is 1. The molecular formula is C15H20N2O2. The second-order valence-electron chi connectivity index (χ2n) is 4.38. The zero-order chi connectivity index (χ0) is 13.7. The van der Waals surface area contributed by atoms with Gasteiger partial charge in [0.2, 0.25) is 0 Å². The van der Waals surface area contributed by atoms with Crippen molar-refractivity contribution in [3.8, 4) is 0 Å². The predicted octanol–water partition coefficient (Wildman–Crippen LogP) is 2.31. The largest absolute Gasteiger partial charge is 0.465 e. The number of carbonyl (C=O) groups excluding carboxylic acids is 1. The molecule has 1 N–H and O–H groups in total. The summed E-state index contributed by atoms with van der Waals surface area (Å²) in [6, 6.07) is 8.22. The quantitative estimate of drug-likeness (QED) is 0.811. The Bertz CT molecular complexity index is 560. The number of fused-ring (bicyclic) bond motifs is 1.